The smallest absolute Gasteiger partial charge is 0.226 e. The molecule has 2 heterocycles. The lowest BCUT2D eigenvalue weighted by Gasteiger charge is -2.02. The molecule has 0 aliphatic heterocycles. The summed E-state index contributed by atoms with van der Waals surface area (Å²) in [6.45, 7) is 1.87. The maximum absolute atomic E-state index is 12.0. The summed E-state index contributed by atoms with van der Waals surface area (Å²) in [5.74, 6) is 0.757. The SMILES string of the molecule is COC(C)c1nnc(NC(=O)CCCc2nc(-c3ccccc3Cl)no2)s1. The molecule has 0 aliphatic carbocycles. The van der Waals surface area contributed by atoms with Gasteiger partial charge in [0, 0.05) is 25.5 Å². The molecule has 0 radical (unpaired) electrons. The second-order valence-corrected chi connectivity index (χ2v) is 7.13. The summed E-state index contributed by atoms with van der Waals surface area (Å²) in [7, 11) is 1.60. The van der Waals surface area contributed by atoms with Gasteiger partial charge in [0.1, 0.15) is 11.1 Å². The van der Waals surface area contributed by atoms with E-state index in [1.54, 1.807) is 13.2 Å². The van der Waals surface area contributed by atoms with Crippen molar-refractivity contribution in [1.82, 2.24) is 20.3 Å². The fourth-order valence-electron chi connectivity index (χ4n) is 2.24. The minimum absolute atomic E-state index is 0.145. The Labute approximate surface area is 164 Å². The first-order valence-corrected chi connectivity index (χ1v) is 9.49. The summed E-state index contributed by atoms with van der Waals surface area (Å²) in [5, 5.41) is 16.3. The summed E-state index contributed by atoms with van der Waals surface area (Å²) < 4.78 is 10.4. The molecule has 142 valence electrons. The Balaban J connectivity index is 1.48. The molecule has 8 nitrogen and oxygen atoms in total. The zero-order chi connectivity index (χ0) is 19.2. The molecule has 2 aromatic heterocycles. The number of rotatable bonds is 8. The van der Waals surface area contributed by atoms with Gasteiger partial charge in [0.05, 0.1) is 5.02 Å². The lowest BCUT2D eigenvalue weighted by molar-refractivity contribution is -0.116. The van der Waals surface area contributed by atoms with Crippen molar-refractivity contribution in [2.45, 2.75) is 32.3 Å². The van der Waals surface area contributed by atoms with Gasteiger partial charge in [-0.15, -0.1) is 10.2 Å². The second kappa shape index (κ2) is 9.03. The van der Waals surface area contributed by atoms with Crippen LogP contribution in [0.15, 0.2) is 28.8 Å². The van der Waals surface area contributed by atoms with Crippen LogP contribution >= 0.6 is 22.9 Å². The second-order valence-electron chi connectivity index (χ2n) is 5.72. The number of hydrogen-bond donors (Lipinski definition) is 1. The van der Waals surface area contributed by atoms with Gasteiger partial charge in [0.2, 0.25) is 22.8 Å². The summed E-state index contributed by atoms with van der Waals surface area (Å²) in [6.07, 6.45) is 1.21. The highest BCUT2D eigenvalue weighted by atomic mass is 35.5. The van der Waals surface area contributed by atoms with Gasteiger partial charge in [-0.1, -0.05) is 40.2 Å². The number of carbonyl (C=O) groups is 1. The Morgan fingerprint density at radius 2 is 2.19 bits per heavy atom. The number of carbonyl (C=O) groups excluding carboxylic acids is 1. The van der Waals surface area contributed by atoms with Crippen LogP contribution < -0.4 is 5.32 Å². The molecule has 0 saturated carbocycles. The third-order valence-corrected chi connectivity index (χ3v) is 5.09. The van der Waals surface area contributed by atoms with Crippen molar-refractivity contribution in [3.63, 3.8) is 0 Å². The molecule has 3 rings (SSSR count). The maximum Gasteiger partial charge on any atom is 0.226 e. The number of nitrogens with one attached hydrogen (secondary N) is 1. The van der Waals surface area contributed by atoms with Crippen LogP contribution in [0, 0.1) is 0 Å². The molecule has 27 heavy (non-hydrogen) atoms. The van der Waals surface area contributed by atoms with E-state index in [0.717, 1.165) is 0 Å². The molecule has 0 fully saturated rings. The predicted octanol–water partition coefficient (Wildman–Crippen LogP) is 3.91. The van der Waals surface area contributed by atoms with Crippen molar-refractivity contribution >= 4 is 34.0 Å². The molecule has 1 N–H and O–H groups in total. The van der Waals surface area contributed by atoms with Gasteiger partial charge in [-0.05, 0) is 25.5 Å². The first kappa shape index (κ1) is 19.4. The number of aryl methyl sites for hydroxylation is 1. The molecule has 1 aromatic carbocycles. The molecule has 1 unspecified atom stereocenters. The molecular weight excluding hydrogens is 390 g/mol. The van der Waals surface area contributed by atoms with E-state index in [0.29, 0.717) is 51.7 Å². The van der Waals surface area contributed by atoms with Crippen molar-refractivity contribution < 1.29 is 14.1 Å². The number of ether oxygens (including phenoxy) is 1. The van der Waals surface area contributed by atoms with Crippen LogP contribution in [0.3, 0.4) is 0 Å². The topological polar surface area (TPSA) is 103 Å². The minimum Gasteiger partial charge on any atom is -0.374 e. The first-order valence-electron chi connectivity index (χ1n) is 8.30. The Morgan fingerprint density at radius 3 is 2.96 bits per heavy atom. The number of benzene rings is 1. The largest absolute Gasteiger partial charge is 0.374 e. The normalized spacial score (nSPS) is 12.1. The van der Waals surface area contributed by atoms with Crippen molar-refractivity contribution in [3.05, 3.63) is 40.2 Å². The van der Waals surface area contributed by atoms with E-state index in [2.05, 4.69) is 25.7 Å². The summed E-state index contributed by atoms with van der Waals surface area (Å²) in [6, 6.07) is 7.28. The van der Waals surface area contributed by atoms with Gasteiger partial charge in [-0.25, -0.2) is 0 Å². The monoisotopic (exact) mass is 407 g/mol. The third-order valence-electron chi connectivity index (χ3n) is 3.77. The molecule has 10 heteroatoms. The molecule has 1 atom stereocenters. The Bertz CT molecular complexity index is 913. The van der Waals surface area contributed by atoms with Gasteiger partial charge >= 0.3 is 0 Å². The van der Waals surface area contributed by atoms with Gasteiger partial charge in [-0.3, -0.25) is 4.79 Å². The van der Waals surface area contributed by atoms with Crippen LogP contribution in [-0.4, -0.2) is 33.4 Å². The molecule has 3 aromatic rings. The standard InChI is InChI=1S/C17H18ClN5O3S/c1-10(25-2)16-21-22-17(27-16)19-13(24)8-5-9-14-20-15(23-26-14)11-6-3-4-7-12(11)18/h3-4,6-7,10H,5,8-9H2,1-2H3,(H,19,22,24). The fourth-order valence-corrected chi connectivity index (χ4v) is 3.25. The van der Waals surface area contributed by atoms with Gasteiger partial charge in [0.25, 0.3) is 0 Å². The highest BCUT2D eigenvalue weighted by molar-refractivity contribution is 7.15. The molecular formula is C17H18ClN5O3S. The van der Waals surface area contributed by atoms with Crippen LogP contribution in [0.1, 0.15) is 36.8 Å². The Kier molecular flexibility index (Phi) is 6.49. The van der Waals surface area contributed by atoms with Crippen LogP contribution in [0.25, 0.3) is 11.4 Å². The maximum atomic E-state index is 12.0. The third kappa shape index (κ3) is 5.09. The number of methoxy groups -OCH3 is 1. The summed E-state index contributed by atoms with van der Waals surface area (Å²) in [4.78, 5) is 16.4. The number of halogens is 1. The molecule has 0 spiro atoms. The molecule has 0 bridgehead atoms. The lowest BCUT2D eigenvalue weighted by atomic mass is 10.2. The quantitative estimate of drug-likeness (QED) is 0.603. The number of aromatic nitrogens is 4. The van der Waals surface area contributed by atoms with E-state index < -0.39 is 0 Å². The van der Waals surface area contributed by atoms with Crippen LogP contribution in [0.2, 0.25) is 5.02 Å². The zero-order valence-electron chi connectivity index (χ0n) is 14.8. The Hall–Kier alpha value is -2.36. The number of hydrogen-bond acceptors (Lipinski definition) is 8. The predicted molar refractivity (Wildman–Crippen MR) is 102 cm³/mol. The highest BCUT2D eigenvalue weighted by Gasteiger charge is 2.14. The van der Waals surface area contributed by atoms with Crippen molar-refractivity contribution in [2.75, 3.05) is 12.4 Å². The Morgan fingerprint density at radius 1 is 1.37 bits per heavy atom. The van der Waals surface area contributed by atoms with Crippen molar-refractivity contribution in [3.8, 4) is 11.4 Å². The lowest BCUT2D eigenvalue weighted by Crippen LogP contribution is -2.11. The average molecular weight is 408 g/mol. The van der Waals surface area contributed by atoms with Crippen LogP contribution in [-0.2, 0) is 16.0 Å². The molecule has 1 amide bonds. The van der Waals surface area contributed by atoms with Crippen LogP contribution in [0.4, 0.5) is 5.13 Å². The van der Waals surface area contributed by atoms with Crippen molar-refractivity contribution in [1.29, 1.82) is 0 Å². The number of amides is 1. The fraction of sp³-hybridized carbons (Fsp3) is 0.353. The first-order chi connectivity index (χ1) is 13.1. The van der Waals surface area contributed by atoms with Gasteiger partial charge < -0.3 is 14.6 Å². The van der Waals surface area contributed by atoms with Crippen molar-refractivity contribution in [2.24, 2.45) is 0 Å². The highest BCUT2D eigenvalue weighted by Crippen LogP contribution is 2.25. The zero-order valence-corrected chi connectivity index (χ0v) is 16.4. The average Bonchev–Trinajstić information content (AvgIpc) is 3.31. The van der Waals surface area contributed by atoms with E-state index in [9.17, 15) is 4.79 Å². The van der Waals surface area contributed by atoms with Gasteiger partial charge in [0.15, 0.2) is 0 Å². The minimum atomic E-state index is -0.155. The van der Waals surface area contributed by atoms with E-state index in [1.165, 1.54) is 11.3 Å². The van der Waals surface area contributed by atoms with E-state index in [1.807, 2.05) is 25.1 Å². The molecule has 0 aliphatic rings. The van der Waals surface area contributed by atoms with E-state index in [4.69, 9.17) is 20.9 Å². The van der Waals surface area contributed by atoms with Gasteiger partial charge in [-0.2, -0.15) is 4.98 Å². The molecule has 0 saturated heterocycles. The number of anilines is 1. The summed E-state index contributed by atoms with van der Waals surface area (Å²) >= 11 is 7.42. The van der Waals surface area contributed by atoms with E-state index in [-0.39, 0.29) is 12.0 Å². The summed E-state index contributed by atoms with van der Waals surface area (Å²) in [5.41, 5.74) is 0.712. The van der Waals surface area contributed by atoms with Crippen LogP contribution in [0.5, 0.6) is 0 Å². The number of nitrogens with zero attached hydrogens (tertiary/aromatic N) is 4. The van der Waals surface area contributed by atoms with E-state index >= 15 is 0 Å².